The maximum atomic E-state index is 12.7. The number of benzene rings is 2. The van der Waals surface area contributed by atoms with Gasteiger partial charge >= 0.3 is 0 Å². The number of hydrogen-bond acceptors (Lipinski definition) is 4. The fourth-order valence-electron chi connectivity index (χ4n) is 2.83. The van der Waals surface area contributed by atoms with Gasteiger partial charge in [0.1, 0.15) is 11.4 Å². The number of nitrogens with two attached hydrogens (primary N) is 1. The Morgan fingerprint density at radius 3 is 2.46 bits per heavy atom. The maximum Gasteiger partial charge on any atom is 0.252 e. The second-order valence-electron chi connectivity index (χ2n) is 5.85. The Hall–Kier alpha value is -2.42. The third kappa shape index (κ3) is 3.31. The summed E-state index contributed by atoms with van der Waals surface area (Å²) in [5, 5.41) is 6.92. The molecule has 0 saturated carbocycles. The van der Waals surface area contributed by atoms with Crippen LogP contribution in [0.2, 0.25) is 0 Å². The summed E-state index contributed by atoms with van der Waals surface area (Å²) in [4.78, 5) is 26.6. The number of fused-ring (bicyclic) bond motifs is 1. The molecule has 136 valence electrons. The molecular weight excluding hydrogens is 378 g/mol. The summed E-state index contributed by atoms with van der Waals surface area (Å²) in [6, 6.07) is 11.8. The van der Waals surface area contributed by atoms with Crippen molar-refractivity contribution in [2.24, 2.45) is 5.14 Å². The molecule has 26 heavy (non-hydrogen) atoms. The molecule has 1 heterocycles. The summed E-state index contributed by atoms with van der Waals surface area (Å²) >= 11 is 5.99. The third-order valence-corrected chi connectivity index (χ3v) is 5.11. The summed E-state index contributed by atoms with van der Waals surface area (Å²) < 4.78 is 23.1. The molecule has 0 aliphatic carbocycles. The highest BCUT2D eigenvalue weighted by atomic mass is 35.5. The van der Waals surface area contributed by atoms with E-state index in [1.54, 1.807) is 30.3 Å². The lowest BCUT2D eigenvalue weighted by atomic mass is 9.99. The van der Waals surface area contributed by atoms with Crippen molar-refractivity contribution < 1.29 is 18.0 Å². The summed E-state index contributed by atoms with van der Waals surface area (Å²) in [6.07, 6.45) is 0. The van der Waals surface area contributed by atoms with Crippen LogP contribution >= 0.6 is 11.6 Å². The Balaban J connectivity index is 2.19. The third-order valence-electron chi connectivity index (χ3n) is 4.01. The van der Waals surface area contributed by atoms with Crippen molar-refractivity contribution in [3.8, 4) is 0 Å². The van der Waals surface area contributed by atoms with E-state index in [0.717, 1.165) is 0 Å². The molecule has 2 atom stereocenters. The topological polar surface area (TPSA) is 110 Å². The predicted molar refractivity (Wildman–Crippen MR) is 98.4 cm³/mol. The van der Waals surface area contributed by atoms with Crippen LogP contribution < -0.4 is 15.4 Å². The number of hydrogen-bond donors (Lipinski definition) is 2. The molecule has 0 aromatic heterocycles. The van der Waals surface area contributed by atoms with Crippen molar-refractivity contribution in [2.45, 2.75) is 23.2 Å². The molecule has 0 fully saturated rings. The number of alkyl halides is 1. The number of anilines is 2. The average Bonchev–Trinajstić information content (AvgIpc) is 2.59. The van der Waals surface area contributed by atoms with E-state index in [9.17, 15) is 18.0 Å². The fraction of sp³-hybridized carbons (Fsp3) is 0.176. The fourth-order valence-corrected chi connectivity index (χ4v) is 3.48. The highest BCUT2D eigenvalue weighted by Gasteiger charge is 2.39. The normalized spacial score (nSPS) is 18.0. The number of carbonyl (C=O) groups excluding carboxylic acids is 2. The van der Waals surface area contributed by atoms with E-state index in [1.807, 2.05) is 0 Å². The zero-order valence-corrected chi connectivity index (χ0v) is 15.3. The number of sulfonamides is 1. The zero-order chi connectivity index (χ0) is 19.1. The van der Waals surface area contributed by atoms with Crippen LogP contribution in [0.1, 0.15) is 18.5 Å². The first kappa shape index (κ1) is 18.4. The van der Waals surface area contributed by atoms with Crippen molar-refractivity contribution in [3.63, 3.8) is 0 Å². The summed E-state index contributed by atoms with van der Waals surface area (Å²) in [6.45, 7) is 1.51. The van der Waals surface area contributed by atoms with E-state index in [4.69, 9.17) is 16.7 Å². The number of rotatable bonds is 3. The Morgan fingerprint density at radius 1 is 1.23 bits per heavy atom. The molecule has 2 amide bonds. The number of nitrogens with zero attached hydrogens (tertiary/aromatic N) is 1. The van der Waals surface area contributed by atoms with E-state index < -0.39 is 33.3 Å². The first-order valence-electron chi connectivity index (χ1n) is 7.70. The van der Waals surface area contributed by atoms with Crippen LogP contribution in [0.25, 0.3) is 0 Å². The van der Waals surface area contributed by atoms with E-state index in [-0.39, 0.29) is 10.6 Å². The molecule has 0 bridgehead atoms. The molecule has 0 spiro atoms. The van der Waals surface area contributed by atoms with Crippen LogP contribution in [0.3, 0.4) is 0 Å². The van der Waals surface area contributed by atoms with Gasteiger partial charge in [0.15, 0.2) is 0 Å². The first-order chi connectivity index (χ1) is 12.2. The Bertz CT molecular complexity index is 977. The molecule has 2 aromatic carbocycles. The van der Waals surface area contributed by atoms with Gasteiger partial charge in [0.05, 0.1) is 16.3 Å². The van der Waals surface area contributed by atoms with Gasteiger partial charge in [0.2, 0.25) is 15.9 Å². The van der Waals surface area contributed by atoms with Crippen LogP contribution in [0.5, 0.6) is 0 Å². The van der Waals surface area contributed by atoms with Gasteiger partial charge in [0.25, 0.3) is 5.91 Å². The van der Waals surface area contributed by atoms with E-state index in [1.165, 1.54) is 30.0 Å². The van der Waals surface area contributed by atoms with Crippen molar-refractivity contribution in [2.75, 3.05) is 10.2 Å². The SMILES string of the molecule is CC(Cl)C(=O)N1c2ccc(S(N)(=O)=O)cc2NC(=O)C1c1ccccc1. The van der Waals surface area contributed by atoms with Gasteiger partial charge in [0, 0.05) is 0 Å². The average molecular weight is 394 g/mol. The summed E-state index contributed by atoms with van der Waals surface area (Å²) in [5.74, 6) is -0.944. The minimum absolute atomic E-state index is 0.166. The quantitative estimate of drug-likeness (QED) is 0.777. The van der Waals surface area contributed by atoms with Crippen molar-refractivity contribution in [1.29, 1.82) is 0 Å². The molecule has 0 saturated heterocycles. The predicted octanol–water partition coefficient (Wildman–Crippen LogP) is 1.99. The van der Waals surface area contributed by atoms with Crippen LogP contribution in [-0.2, 0) is 19.6 Å². The second kappa shape index (κ2) is 6.71. The zero-order valence-electron chi connectivity index (χ0n) is 13.7. The van der Waals surface area contributed by atoms with Crippen LogP contribution in [-0.4, -0.2) is 25.6 Å². The molecule has 2 aromatic rings. The van der Waals surface area contributed by atoms with Crippen LogP contribution in [0.4, 0.5) is 11.4 Å². The van der Waals surface area contributed by atoms with Gasteiger partial charge in [-0.3, -0.25) is 14.5 Å². The number of carbonyl (C=O) groups is 2. The van der Waals surface area contributed by atoms with E-state index in [2.05, 4.69) is 5.32 Å². The first-order valence-corrected chi connectivity index (χ1v) is 9.68. The van der Waals surface area contributed by atoms with Gasteiger partial charge in [-0.1, -0.05) is 30.3 Å². The number of nitrogens with one attached hydrogen (secondary N) is 1. The highest BCUT2D eigenvalue weighted by Crippen LogP contribution is 2.40. The van der Waals surface area contributed by atoms with Crippen molar-refractivity contribution in [3.05, 3.63) is 54.1 Å². The van der Waals surface area contributed by atoms with Crippen LogP contribution in [0.15, 0.2) is 53.4 Å². The van der Waals surface area contributed by atoms with Gasteiger partial charge in [-0.25, -0.2) is 13.6 Å². The van der Waals surface area contributed by atoms with Crippen LogP contribution in [0, 0.1) is 0 Å². The molecule has 9 heteroatoms. The largest absolute Gasteiger partial charge is 0.322 e. The molecule has 3 rings (SSSR count). The molecule has 1 aliphatic rings. The Morgan fingerprint density at radius 2 is 1.88 bits per heavy atom. The van der Waals surface area contributed by atoms with E-state index in [0.29, 0.717) is 11.3 Å². The minimum atomic E-state index is -3.95. The summed E-state index contributed by atoms with van der Waals surface area (Å²) in [7, 11) is -3.95. The highest BCUT2D eigenvalue weighted by molar-refractivity contribution is 7.89. The Kier molecular flexibility index (Phi) is 4.74. The lowest BCUT2D eigenvalue weighted by molar-refractivity contribution is -0.123. The monoisotopic (exact) mass is 393 g/mol. The molecule has 1 aliphatic heterocycles. The van der Waals surface area contributed by atoms with E-state index >= 15 is 0 Å². The van der Waals surface area contributed by atoms with Crippen molar-refractivity contribution in [1.82, 2.24) is 0 Å². The smallest absolute Gasteiger partial charge is 0.252 e. The maximum absolute atomic E-state index is 12.7. The second-order valence-corrected chi connectivity index (χ2v) is 8.07. The molecule has 0 radical (unpaired) electrons. The summed E-state index contributed by atoms with van der Waals surface area (Å²) in [5.41, 5.74) is 1.14. The van der Waals surface area contributed by atoms with Gasteiger partial charge in [-0.2, -0.15) is 0 Å². The minimum Gasteiger partial charge on any atom is -0.322 e. The number of primary sulfonamides is 1. The van der Waals surface area contributed by atoms with Crippen molar-refractivity contribution >= 4 is 44.8 Å². The number of halogens is 1. The van der Waals surface area contributed by atoms with Gasteiger partial charge in [-0.15, -0.1) is 11.6 Å². The molecule has 2 unspecified atom stereocenters. The standard InChI is InChI=1S/C17H16ClN3O4S/c1-10(18)17(23)21-14-8-7-12(26(19,24)25)9-13(14)20-16(22)15(21)11-5-3-2-4-6-11/h2-10,15H,1H3,(H,20,22)(H2,19,24,25). The Labute approximate surface area is 155 Å². The number of amides is 2. The van der Waals surface area contributed by atoms with Gasteiger partial charge in [-0.05, 0) is 30.7 Å². The molecule has 3 N–H and O–H groups in total. The molecule has 7 nitrogen and oxygen atoms in total. The molecular formula is C17H16ClN3O4S. The van der Waals surface area contributed by atoms with Gasteiger partial charge < -0.3 is 5.32 Å². The lowest BCUT2D eigenvalue weighted by Gasteiger charge is -2.37. The lowest BCUT2D eigenvalue weighted by Crippen LogP contribution is -2.47.